The molecule has 1 aromatic heterocycles. The molecule has 22 heavy (non-hydrogen) atoms. The molecular weight excluding hydrogens is 270 g/mol. The fourth-order valence-corrected chi connectivity index (χ4v) is 4.82. The molecule has 1 aromatic carbocycles. The first-order chi connectivity index (χ1) is 10.6. The van der Waals surface area contributed by atoms with Gasteiger partial charge in [0.25, 0.3) is 0 Å². The van der Waals surface area contributed by atoms with Crippen LogP contribution in [0.5, 0.6) is 0 Å². The van der Waals surface area contributed by atoms with E-state index in [9.17, 15) is 0 Å². The predicted molar refractivity (Wildman–Crippen MR) is 90.0 cm³/mol. The summed E-state index contributed by atoms with van der Waals surface area (Å²) in [6, 6.07) is 9.18. The molecule has 2 aliphatic rings. The molecule has 1 fully saturated rings. The molecule has 2 aromatic rings. The number of aryl methyl sites for hydroxylation is 2. The number of anilines is 1. The van der Waals surface area contributed by atoms with E-state index < -0.39 is 0 Å². The SMILES string of the molecule is Cc1ccccc1N1[C@@H](C)c2ncn(C)c2C12CCCCC2. The third-order valence-corrected chi connectivity index (χ3v) is 5.71. The number of fused-ring (bicyclic) bond motifs is 2. The van der Waals surface area contributed by atoms with Crippen molar-refractivity contribution in [1.29, 1.82) is 0 Å². The van der Waals surface area contributed by atoms with Crippen molar-refractivity contribution in [3.05, 3.63) is 47.5 Å². The molecule has 1 spiro atoms. The first-order valence-corrected chi connectivity index (χ1v) is 8.52. The number of benzene rings is 1. The van der Waals surface area contributed by atoms with Crippen LogP contribution in [-0.4, -0.2) is 9.55 Å². The fourth-order valence-electron chi connectivity index (χ4n) is 4.82. The Morgan fingerprint density at radius 2 is 1.86 bits per heavy atom. The largest absolute Gasteiger partial charge is 0.352 e. The lowest BCUT2D eigenvalue weighted by molar-refractivity contribution is 0.272. The van der Waals surface area contributed by atoms with Gasteiger partial charge in [-0.3, -0.25) is 0 Å². The maximum Gasteiger partial charge on any atom is 0.0950 e. The van der Waals surface area contributed by atoms with Gasteiger partial charge in [0.05, 0.1) is 29.3 Å². The summed E-state index contributed by atoms with van der Waals surface area (Å²) in [5.74, 6) is 0. The van der Waals surface area contributed by atoms with Crippen molar-refractivity contribution in [2.24, 2.45) is 7.05 Å². The van der Waals surface area contributed by atoms with Crippen LogP contribution in [0, 0.1) is 6.92 Å². The summed E-state index contributed by atoms with van der Waals surface area (Å²) in [7, 11) is 2.16. The van der Waals surface area contributed by atoms with Crippen molar-refractivity contribution in [1.82, 2.24) is 9.55 Å². The number of imidazole rings is 1. The highest BCUT2D eigenvalue weighted by Gasteiger charge is 2.52. The minimum atomic E-state index is 0.143. The first-order valence-electron chi connectivity index (χ1n) is 8.52. The van der Waals surface area contributed by atoms with E-state index in [0.29, 0.717) is 6.04 Å². The van der Waals surface area contributed by atoms with Gasteiger partial charge in [-0.05, 0) is 38.3 Å². The molecule has 116 valence electrons. The molecule has 4 rings (SSSR count). The second kappa shape index (κ2) is 4.87. The van der Waals surface area contributed by atoms with Gasteiger partial charge in [-0.25, -0.2) is 4.98 Å². The molecule has 0 radical (unpaired) electrons. The Bertz CT molecular complexity index is 694. The Kier molecular flexibility index (Phi) is 3.07. The third kappa shape index (κ3) is 1.71. The second-order valence-electron chi connectivity index (χ2n) is 7.01. The first kappa shape index (κ1) is 13.9. The molecule has 3 nitrogen and oxygen atoms in total. The summed E-state index contributed by atoms with van der Waals surface area (Å²) < 4.78 is 2.27. The Morgan fingerprint density at radius 1 is 1.14 bits per heavy atom. The van der Waals surface area contributed by atoms with Crippen LogP contribution in [-0.2, 0) is 12.6 Å². The molecule has 1 aliphatic heterocycles. The highest BCUT2D eigenvalue weighted by molar-refractivity contribution is 5.61. The zero-order valence-corrected chi connectivity index (χ0v) is 13.8. The number of hydrogen-bond acceptors (Lipinski definition) is 2. The molecule has 1 atom stereocenters. The van der Waals surface area contributed by atoms with Crippen molar-refractivity contribution in [3.8, 4) is 0 Å². The fraction of sp³-hybridized carbons (Fsp3) is 0.526. The van der Waals surface area contributed by atoms with Crippen molar-refractivity contribution >= 4 is 5.69 Å². The van der Waals surface area contributed by atoms with E-state index in [2.05, 4.69) is 54.6 Å². The molecule has 1 saturated carbocycles. The average Bonchev–Trinajstić information content (AvgIpc) is 3.01. The molecule has 0 N–H and O–H groups in total. The van der Waals surface area contributed by atoms with E-state index in [4.69, 9.17) is 4.98 Å². The topological polar surface area (TPSA) is 21.1 Å². The summed E-state index contributed by atoms with van der Waals surface area (Å²) in [6.45, 7) is 4.55. The van der Waals surface area contributed by atoms with E-state index in [-0.39, 0.29) is 5.54 Å². The summed E-state index contributed by atoms with van der Waals surface area (Å²) in [6.07, 6.45) is 8.51. The highest BCUT2D eigenvalue weighted by atomic mass is 15.3. The lowest BCUT2D eigenvalue weighted by Crippen LogP contribution is -2.45. The normalized spacial score (nSPS) is 23.0. The zero-order valence-electron chi connectivity index (χ0n) is 13.8. The third-order valence-electron chi connectivity index (χ3n) is 5.71. The Hall–Kier alpha value is -1.77. The Balaban J connectivity index is 1.92. The van der Waals surface area contributed by atoms with E-state index in [1.807, 2.05) is 6.33 Å². The van der Waals surface area contributed by atoms with Gasteiger partial charge in [-0.15, -0.1) is 0 Å². The number of hydrogen-bond donors (Lipinski definition) is 0. The Labute approximate surface area is 133 Å². The highest BCUT2D eigenvalue weighted by Crippen LogP contribution is 2.55. The molecule has 0 bridgehead atoms. The number of nitrogens with zero attached hydrogens (tertiary/aromatic N) is 3. The summed E-state index contributed by atoms with van der Waals surface area (Å²) in [5.41, 5.74) is 5.64. The van der Waals surface area contributed by atoms with Crippen molar-refractivity contribution in [2.75, 3.05) is 4.90 Å². The lowest BCUT2D eigenvalue weighted by Gasteiger charge is -2.46. The van der Waals surface area contributed by atoms with Gasteiger partial charge in [0, 0.05) is 12.7 Å². The van der Waals surface area contributed by atoms with Crippen LogP contribution in [0.25, 0.3) is 0 Å². The monoisotopic (exact) mass is 295 g/mol. The van der Waals surface area contributed by atoms with E-state index in [1.54, 1.807) is 0 Å². The van der Waals surface area contributed by atoms with E-state index >= 15 is 0 Å². The molecule has 0 amide bonds. The van der Waals surface area contributed by atoms with Crippen LogP contribution >= 0.6 is 0 Å². The van der Waals surface area contributed by atoms with Gasteiger partial charge in [0.1, 0.15) is 0 Å². The van der Waals surface area contributed by atoms with Crippen molar-refractivity contribution < 1.29 is 0 Å². The van der Waals surface area contributed by atoms with Crippen LogP contribution in [0.2, 0.25) is 0 Å². The van der Waals surface area contributed by atoms with Gasteiger partial charge >= 0.3 is 0 Å². The quantitative estimate of drug-likeness (QED) is 0.774. The average molecular weight is 295 g/mol. The van der Waals surface area contributed by atoms with Crippen molar-refractivity contribution in [2.45, 2.75) is 57.5 Å². The summed E-state index contributed by atoms with van der Waals surface area (Å²) >= 11 is 0. The minimum Gasteiger partial charge on any atom is -0.352 e. The zero-order chi connectivity index (χ0) is 15.3. The molecule has 3 heteroatoms. The predicted octanol–water partition coefficient (Wildman–Crippen LogP) is 4.47. The standard InChI is InChI=1S/C19H25N3/c1-14-9-5-6-10-16(14)22-15(2)17-18(21(3)13-20-17)19(22)11-7-4-8-12-19/h5-6,9-10,13,15H,4,7-8,11-12H2,1-3H3/t15-/m0/s1. The van der Waals surface area contributed by atoms with Crippen LogP contribution in [0.3, 0.4) is 0 Å². The molecule has 2 heterocycles. The minimum absolute atomic E-state index is 0.143. The van der Waals surface area contributed by atoms with Gasteiger partial charge in [-0.2, -0.15) is 0 Å². The van der Waals surface area contributed by atoms with Gasteiger partial charge < -0.3 is 9.47 Å². The number of rotatable bonds is 1. The molecule has 1 aliphatic carbocycles. The smallest absolute Gasteiger partial charge is 0.0950 e. The van der Waals surface area contributed by atoms with Crippen LogP contribution < -0.4 is 4.90 Å². The van der Waals surface area contributed by atoms with E-state index in [1.165, 1.54) is 54.7 Å². The van der Waals surface area contributed by atoms with E-state index in [0.717, 1.165) is 0 Å². The van der Waals surface area contributed by atoms with Crippen LogP contribution in [0.1, 0.15) is 62.0 Å². The molecule has 0 unspecified atom stereocenters. The van der Waals surface area contributed by atoms with Gasteiger partial charge in [0.2, 0.25) is 0 Å². The maximum atomic E-state index is 4.75. The molecular formula is C19H25N3. The lowest BCUT2D eigenvalue weighted by atomic mass is 9.79. The molecule has 0 saturated heterocycles. The maximum absolute atomic E-state index is 4.75. The Morgan fingerprint density at radius 3 is 2.59 bits per heavy atom. The van der Waals surface area contributed by atoms with Crippen LogP contribution in [0.15, 0.2) is 30.6 Å². The van der Waals surface area contributed by atoms with Gasteiger partial charge in [-0.1, -0.05) is 37.5 Å². The van der Waals surface area contributed by atoms with Gasteiger partial charge in [0.15, 0.2) is 0 Å². The van der Waals surface area contributed by atoms with Crippen molar-refractivity contribution in [3.63, 3.8) is 0 Å². The second-order valence-corrected chi connectivity index (χ2v) is 7.01. The number of aromatic nitrogens is 2. The summed E-state index contributed by atoms with van der Waals surface area (Å²) in [5, 5.41) is 0. The summed E-state index contributed by atoms with van der Waals surface area (Å²) in [4.78, 5) is 7.43. The van der Waals surface area contributed by atoms with Crippen LogP contribution in [0.4, 0.5) is 5.69 Å². The number of para-hydroxylation sites is 1.